The van der Waals surface area contributed by atoms with Crippen molar-refractivity contribution >= 4 is 5.78 Å². The molecule has 0 N–H and O–H groups in total. The van der Waals surface area contributed by atoms with Crippen molar-refractivity contribution in [1.29, 1.82) is 0 Å². The van der Waals surface area contributed by atoms with E-state index in [0.29, 0.717) is 0 Å². The molecule has 1 nitrogen and oxygen atoms in total. The van der Waals surface area contributed by atoms with Gasteiger partial charge in [0.15, 0.2) is 5.78 Å². The molecule has 0 saturated carbocycles. The Labute approximate surface area is 105 Å². The van der Waals surface area contributed by atoms with E-state index in [9.17, 15) is 4.79 Å². The van der Waals surface area contributed by atoms with E-state index in [-0.39, 0.29) is 5.78 Å². The van der Waals surface area contributed by atoms with Gasteiger partial charge in [-0.2, -0.15) is 0 Å². The molecule has 0 unspecified atom stereocenters. The third kappa shape index (κ3) is 3.06. The van der Waals surface area contributed by atoms with Gasteiger partial charge in [0.1, 0.15) is 0 Å². The van der Waals surface area contributed by atoms with Crippen molar-refractivity contribution in [3.63, 3.8) is 0 Å². The Balaban J connectivity index is 3.39. The van der Waals surface area contributed by atoms with Crippen LogP contribution in [-0.4, -0.2) is 5.78 Å². The second-order valence-electron chi connectivity index (χ2n) is 4.21. The number of carbonyl (C=O) groups excluding carboxylic acids is 1. The van der Waals surface area contributed by atoms with E-state index >= 15 is 0 Å². The lowest BCUT2D eigenvalue weighted by atomic mass is 9.91. The van der Waals surface area contributed by atoms with Gasteiger partial charge in [-0.1, -0.05) is 39.0 Å². The van der Waals surface area contributed by atoms with Crippen LogP contribution in [0, 0.1) is 0 Å². The normalized spacial score (nSPS) is 11.1. The maximum Gasteiger partial charge on any atom is 0.186 e. The largest absolute Gasteiger partial charge is 0.289 e. The molecule has 1 heteroatoms. The zero-order valence-electron chi connectivity index (χ0n) is 11.3. The fourth-order valence-corrected chi connectivity index (χ4v) is 2.15. The van der Waals surface area contributed by atoms with E-state index < -0.39 is 0 Å². The first-order valence-electron chi connectivity index (χ1n) is 6.49. The average molecular weight is 230 g/mol. The molecule has 92 valence electrons. The fourth-order valence-electron chi connectivity index (χ4n) is 2.15. The summed E-state index contributed by atoms with van der Waals surface area (Å²) < 4.78 is 0. The van der Waals surface area contributed by atoms with Gasteiger partial charge in [-0.25, -0.2) is 0 Å². The Morgan fingerprint density at radius 1 is 1.06 bits per heavy atom. The molecule has 0 aliphatic heterocycles. The monoisotopic (exact) mass is 230 g/mol. The summed E-state index contributed by atoms with van der Waals surface area (Å²) in [6.45, 7) is 8.26. The van der Waals surface area contributed by atoms with Crippen LogP contribution < -0.4 is 0 Å². The molecule has 0 radical (unpaired) electrons. The molecule has 0 spiro atoms. The molecule has 1 aromatic carbocycles. The van der Waals surface area contributed by atoms with Crippen LogP contribution in [0.4, 0.5) is 0 Å². The summed E-state index contributed by atoms with van der Waals surface area (Å²) in [5.41, 5.74) is 4.62. The van der Waals surface area contributed by atoms with Crippen LogP contribution in [-0.2, 0) is 19.3 Å². The molecule has 0 heterocycles. The SMILES string of the molecule is C/C=C/C(=O)c1c(CC)cc(CC)cc1CC. The highest BCUT2D eigenvalue weighted by Crippen LogP contribution is 2.21. The van der Waals surface area contributed by atoms with Crippen LogP contribution in [0.15, 0.2) is 24.3 Å². The van der Waals surface area contributed by atoms with Gasteiger partial charge in [0.25, 0.3) is 0 Å². The van der Waals surface area contributed by atoms with Gasteiger partial charge in [0.2, 0.25) is 0 Å². The van der Waals surface area contributed by atoms with Crippen LogP contribution in [0.25, 0.3) is 0 Å². The van der Waals surface area contributed by atoms with Crippen LogP contribution in [0.2, 0.25) is 0 Å². The third-order valence-electron chi connectivity index (χ3n) is 3.10. The zero-order valence-corrected chi connectivity index (χ0v) is 11.3. The molecule has 0 bridgehead atoms. The lowest BCUT2D eigenvalue weighted by Crippen LogP contribution is -2.06. The van der Waals surface area contributed by atoms with Crippen LogP contribution >= 0.6 is 0 Å². The third-order valence-corrected chi connectivity index (χ3v) is 3.10. The van der Waals surface area contributed by atoms with E-state index in [4.69, 9.17) is 0 Å². The van der Waals surface area contributed by atoms with Crippen LogP contribution in [0.5, 0.6) is 0 Å². The Bertz CT molecular complexity index is 402. The van der Waals surface area contributed by atoms with Crippen molar-refractivity contribution in [3.8, 4) is 0 Å². The minimum absolute atomic E-state index is 0.142. The van der Waals surface area contributed by atoms with Gasteiger partial charge in [0.05, 0.1) is 0 Å². The van der Waals surface area contributed by atoms with Crippen LogP contribution in [0.1, 0.15) is 54.7 Å². The summed E-state index contributed by atoms with van der Waals surface area (Å²) in [5.74, 6) is 0.142. The van der Waals surface area contributed by atoms with Crippen molar-refractivity contribution in [2.75, 3.05) is 0 Å². The number of rotatable bonds is 5. The molecule has 0 aromatic heterocycles. The molecule has 0 amide bonds. The Hall–Kier alpha value is -1.37. The summed E-state index contributed by atoms with van der Waals surface area (Å²) in [4.78, 5) is 12.1. The Kier molecular flexibility index (Phi) is 5.14. The predicted molar refractivity (Wildman–Crippen MR) is 73.7 cm³/mol. The standard InChI is InChI=1S/C16H22O/c1-5-9-15(17)16-13(7-3)10-12(6-2)11-14(16)8-4/h5,9-11H,6-8H2,1-4H3/b9-5+. The molecular weight excluding hydrogens is 208 g/mol. The molecule has 1 aromatic rings. The summed E-state index contributed by atoms with van der Waals surface area (Å²) in [6.07, 6.45) is 6.34. The van der Waals surface area contributed by atoms with E-state index in [1.165, 1.54) is 16.7 Å². The van der Waals surface area contributed by atoms with Gasteiger partial charge in [-0.3, -0.25) is 4.79 Å². The molecule has 0 atom stereocenters. The number of hydrogen-bond donors (Lipinski definition) is 0. The summed E-state index contributed by atoms with van der Waals surface area (Å²) in [6, 6.07) is 4.35. The second-order valence-corrected chi connectivity index (χ2v) is 4.21. The molecule has 17 heavy (non-hydrogen) atoms. The molecule has 1 rings (SSSR count). The molecule has 0 fully saturated rings. The topological polar surface area (TPSA) is 17.1 Å². The van der Waals surface area contributed by atoms with E-state index in [1.807, 2.05) is 13.0 Å². The van der Waals surface area contributed by atoms with E-state index in [1.54, 1.807) is 6.08 Å². The minimum Gasteiger partial charge on any atom is -0.289 e. The van der Waals surface area contributed by atoms with E-state index in [0.717, 1.165) is 24.8 Å². The number of aryl methyl sites for hydroxylation is 3. The van der Waals surface area contributed by atoms with Crippen molar-refractivity contribution < 1.29 is 4.79 Å². The fraction of sp³-hybridized carbons (Fsp3) is 0.438. The quantitative estimate of drug-likeness (QED) is 0.549. The summed E-state index contributed by atoms with van der Waals surface area (Å²) >= 11 is 0. The van der Waals surface area contributed by atoms with Gasteiger partial charge in [-0.05, 0) is 49.0 Å². The first kappa shape index (κ1) is 13.7. The van der Waals surface area contributed by atoms with Gasteiger partial charge in [-0.15, -0.1) is 0 Å². The maximum absolute atomic E-state index is 12.1. The molecule has 0 saturated heterocycles. The lowest BCUT2D eigenvalue weighted by Gasteiger charge is -2.13. The highest BCUT2D eigenvalue weighted by Gasteiger charge is 2.13. The number of allylic oxidation sites excluding steroid dienone is 2. The number of hydrogen-bond acceptors (Lipinski definition) is 1. The van der Waals surface area contributed by atoms with Crippen molar-refractivity contribution in [3.05, 3.63) is 46.5 Å². The summed E-state index contributed by atoms with van der Waals surface area (Å²) in [5, 5.41) is 0. The highest BCUT2D eigenvalue weighted by atomic mass is 16.1. The predicted octanol–water partition coefficient (Wildman–Crippen LogP) is 4.13. The number of benzene rings is 1. The van der Waals surface area contributed by atoms with Crippen LogP contribution in [0.3, 0.4) is 0 Å². The molecular formula is C16H22O. The lowest BCUT2D eigenvalue weighted by molar-refractivity contribution is 0.104. The first-order chi connectivity index (χ1) is 8.17. The maximum atomic E-state index is 12.1. The van der Waals surface area contributed by atoms with Gasteiger partial charge < -0.3 is 0 Å². The van der Waals surface area contributed by atoms with Gasteiger partial charge >= 0.3 is 0 Å². The van der Waals surface area contributed by atoms with E-state index in [2.05, 4.69) is 32.9 Å². The average Bonchev–Trinajstić information content (AvgIpc) is 2.37. The minimum atomic E-state index is 0.142. The highest BCUT2D eigenvalue weighted by molar-refractivity contribution is 6.06. The van der Waals surface area contributed by atoms with Crippen molar-refractivity contribution in [2.24, 2.45) is 0 Å². The Morgan fingerprint density at radius 2 is 1.59 bits per heavy atom. The summed E-state index contributed by atoms with van der Waals surface area (Å²) in [7, 11) is 0. The number of ketones is 1. The van der Waals surface area contributed by atoms with Crippen molar-refractivity contribution in [1.82, 2.24) is 0 Å². The Morgan fingerprint density at radius 3 is 1.94 bits per heavy atom. The molecule has 0 aliphatic carbocycles. The first-order valence-corrected chi connectivity index (χ1v) is 6.49. The smallest absolute Gasteiger partial charge is 0.186 e. The number of carbonyl (C=O) groups is 1. The van der Waals surface area contributed by atoms with Gasteiger partial charge in [0, 0.05) is 5.56 Å². The molecule has 0 aliphatic rings. The zero-order chi connectivity index (χ0) is 12.8. The second kappa shape index (κ2) is 6.39. The van der Waals surface area contributed by atoms with Crippen molar-refractivity contribution in [2.45, 2.75) is 47.0 Å².